The smallest absolute Gasteiger partial charge is 0.805 e. The third kappa shape index (κ3) is 8.99. The van der Waals surface area contributed by atoms with Gasteiger partial charge in [-0.15, -0.1) is 0 Å². The molecule has 0 bridgehead atoms. The van der Waals surface area contributed by atoms with Gasteiger partial charge in [-0.1, -0.05) is 30.3 Å². The zero-order valence-corrected chi connectivity index (χ0v) is 27.0. The molecule has 15 heteroatoms. The van der Waals surface area contributed by atoms with Gasteiger partial charge in [-0.25, -0.2) is 0 Å². The second-order valence-corrected chi connectivity index (χ2v) is 9.83. The molecule has 2 heterocycles. The van der Waals surface area contributed by atoms with Gasteiger partial charge >= 0.3 is 118 Å². The summed E-state index contributed by atoms with van der Waals surface area (Å²) in [4.78, 5) is 44.5. The quantitative estimate of drug-likeness (QED) is 0.253. The Labute approximate surface area is 256 Å². The molecule has 132 valence electrons. The zero-order chi connectivity index (χ0) is 18.2. The summed E-state index contributed by atoms with van der Waals surface area (Å²) in [5.41, 5.74) is -1.21. The van der Waals surface area contributed by atoms with E-state index in [-0.39, 0.29) is 129 Å². The first kappa shape index (κ1) is 33.7. The SMILES string of the molecule is O=P([O-])([O-])c1ccc(P(c2ccccc2)c2ccc(P(=O)([O-])[O-])o2)o1.[Na+].[Na+].[Na+].[Na+]. The van der Waals surface area contributed by atoms with Gasteiger partial charge in [0.15, 0.2) is 0 Å². The Kier molecular flexibility index (Phi) is 16.3. The fourth-order valence-electron chi connectivity index (χ4n) is 2.11. The normalized spacial score (nSPS) is 10.9. The van der Waals surface area contributed by atoms with Gasteiger partial charge in [0.25, 0.3) is 0 Å². The number of benzene rings is 1. The van der Waals surface area contributed by atoms with Crippen LogP contribution in [0.15, 0.2) is 63.4 Å². The van der Waals surface area contributed by atoms with Crippen LogP contribution in [0, 0.1) is 0 Å². The molecule has 0 atom stereocenters. The van der Waals surface area contributed by atoms with Crippen LogP contribution >= 0.6 is 23.1 Å². The zero-order valence-electron chi connectivity index (χ0n) is 16.3. The molecule has 29 heavy (non-hydrogen) atoms. The van der Waals surface area contributed by atoms with Crippen molar-refractivity contribution in [1.82, 2.24) is 0 Å². The maximum atomic E-state index is 11.1. The monoisotopic (exact) mass is 490 g/mol. The number of hydrogen-bond donors (Lipinski definition) is 0. The van der Waals surface area contributed by atoms with Crippen molar-refractivity contribution in [2.24, 2.45) is 0 Å². The Bertz CT molecular complexity index is 921. The van der Waals surface area contributed by atoms with Crippen molar-refractivity contribution in [1.29, 1.82) is 0 Å². The first-order chi connectivity index (χ1) is 11.7. The number of furan rings is 2. The molecule has 0 saturated heterocycles. The fourth-order valence-corrected chi connectivity index (χ4v) is 5.21. The standard InChI is InChI=1S/C14H13O8P3.4Na/c15-24(16,17)13-8-6-11(21-13)23(10-4-2-1-3-5-10)12-7-9-14(22-12)25(18,19)20;;;;/h1-9H,(H2,15,16,17)(H2,18,19,20);;;;/q;4*+1/p-4. The molecular weight excluding hydrogens is 481 g/mol. The van der Waals surface area contributed by atoms with Crippen molar-refractivity contribution in [3.63, 3.8) is 0 Å². The Morgan fingerprint density at radius 2 is 1.00 bits per heavy atom. The molecule has 2 aromatic heterocycles. The van der Waals surface area contributed by atoms with E-state index in [1.165, 1.54) is 12.1 Å². The fraction of sp³-hybridized carbons (Fsp3) is 0. The van der Waals surface area contributed by atoms with Crippen LogP contribution in [0.25, 0.3) is 0 Å². The molecule has 0 unspecified atom stereocenters. The molecule has 0 radical (unpaired) electrons. The molecule has 0 aliphatic heterocycles. The molecule has 0 amide bonds. The Balaban J connectivity index is 0. The molecule has 0 aliphatic rings. The second kappa shape index (κ2) is 14.0. The summed E-state index contributed by atoms with van der Waals surface area (Å²) in [6.45, 7) is 0. The summed E-state index contributed by atoms with van der Waals surface area (Å²) in [5.74, 6) is 0. The van der Waals surface area contributed by atoms with Crippen molar-refractivity contribution < 1.29 is 156 Å². The van der Waals surface area contributed by atoms with E-state index in [9.17, 15) is 28.7 Å². The molecular formula is C14H9Na4O8P3. The van der Waals surface area contributed by atoms with Gasteiger partial charge in [0, 0.05) is 15.2 Å². The maximum absolute atomic E-state index is 11.1. The van der Waals surface area contributed by atoms with Crippen LogP contribution in [-0.4, -0.2) is 0 Å². The average Bonchev–Trinajstić information content (AvgIpc) is 3.17. The molecule has 3 aromatic rings. The summed E-state index contributed by atoms with van der Waals surface area (Å²) < 4.78 is 32.6. The van der Waals surface area contributed by atoms with E-state index >= 15 is 0 Å². The molecule has 0 saturated carbocycles. The van der Waals surface area contributed by atoms with E-state index in [0.717, 1.165) is 12.1 Å². The molecule has 3 rings (SSSR count). The summed E-state index contributed by atoms with van der Waals surface area (Å²) in [7, 11) is -11.8. The van der Waals surface area contributed by atoms with Crippen LogP contribution in [0.5, 0.6) is 0 Å². The molecule has 0 fully saturated rings. The van der Waals surface area contributed by atoms with E-state index in [2.05, 4.69) is 0 Å². The van der Waals surface area contributed by atoms with Gasteiger partial charge in [0.2, 0.25) is 0 Å². The third-order valence-corrected chi connectivity index (χ3v) is 6.89. The minimum atomic E-state index is -5.07. The predicted molar refractivity (Wildman–Crippen MR) is 84.2 cm³/mol. The van der Waals surface area contributed by atoms with E-state index in [0.29, 0.717) is 5.30 Å². The summed E-state index contributed by atoms with van der Waals surface area (Å²) >= 11 is 0. The van der Waals surface area contributed by atoms with Crippen molar-refractivity contribution in [3.8, 4) is 0 Å². The van der Waals surface area contributed by atoms with Crippen LogP contribution in [0.4, 0.5) is 0 Å². The van der Waals surface area contributed by atoms with Crippen LogP contribution in [0.2, 0.25) is 0 Å². The van der Waals surface area contributed by atoms with Crippen LogP contribution in [-0.2, 0) is 9.13 Å². The summed E-state index contributed by atoms with van der Waals surface area (Å²) in [6.07, 6.45) is 0. The van der Waals surface area contributed by atoms with Crippen molar-refractivity contribution >= 4 is 50.4 Å². The van der Waals surface area contributed by atoms with Gasteiger partial charge in [0.05, 0.1) is 7.92 Å². The maximum Gasteiger partial charge on any atom is 1.00 e. The first-order valence-electron chi connectivity index (χ1n) is 6.76. The molecule has 0 spiro atoms. The van der Waals surface area contributed by atoms with Gasteiger partial charge in [-0.2, -0.15) is 0 Å². The van der Waals surface area contributed by atoms with E-state index in [1.54, 1.807) is 30.3 Å². The average molecular weight is 490 g/mol. The van der Waals surface area contributed by atoms with Gasteiger partial charge in [-0.05, 0) is 29.6 Å². The second-order valence-electron chi connectivity index (χ2n) is 4.89. The van der Waals surface area contributed by atoms with Crippen molar-refractivity contribution in [3.05, 3.63) is 54.6 Å². The third-order valence-electron chi connectivity index (χ3n) is 3.15. The van der Waals surface area contributed by atoms with Gasteiger partial charge in [0.1, 0.15) is 22.0 Å². The van der Waals surface area contributed by atoms with Crippen LogP contribution < -0.4 is 165 Å². The largest absolute Gasteiger partial charge is 1.00 e. The van der Waals surface area contributed by atoms with Gasteiger partial charge in [-0.3, -0.25) is 0 Å². The molecule has 8 nitrogen and oxygen atoms in total. The van der Waals surface area contributed by atoms with Crippen molar-refractivity contribution in [2.75, 3.05) is 0 Å². The topological polar surface area (TPSA) is 153 Å². The minimum absolute atomic E-state index is 0. The minimum Gasteiger partial charge on any atom is -0.805 e. The Hall–Kier alpha value is 2.51. The van der Waals surface area contributed by atoms with E-state index in [1.807, 2.05) is 0 Å². The summed E-state index contributed by atoms with van der Waals surface area (Å²) in [6, 6.07) is 13.3. The number of hydrogen-bond acceptors (Lipinski definition) is 8. The summed E-state index contributed by atoms with van der Waals surface area (Å²) in [5, 5.41) is 0.651. The molecule has 1 aromatic carbocycles. The van der Waals surface area contributed by atoms with Crippen LogP contribution in [0.3, 0.4) is 0 Å². The molecule has 0 N–H and O–H groups in total. The van der Waals surface area contributed by atoms with E-state index < -0.39 is 34.1 Å². The predicted octanol–water partition coefficient (Wildman–Crippen LogP) is -14.3. The van der Waals surface area contributed by atoms with Crippen LogP contribution in [0.1, 0.15) is 0 Å². The first-order valence-corrected chi connectivity index (χ1v) is 11.2. The molecule has 0 aliphatic carbocycles. The van der Waals surface area contributed by atoms with Crippen molar-refractivity contribution in [2.45, 2.75) is 0 Å². The van der Waals surface area contributed by atoms with E-state index in [4.69, 9.17) is 8.83 Å². The Morgan fingerprint density at radius 1 is 0.621 bits per heavy atom. The number of rotatable bonds is 5. The van der Waals surface area contributed by atoms with Gasteiger partial charge < -0.3 is 37.5 Å². The Morgan fingerprint density at radius 3 is 1.31 bits per heavy atom.